The van der Waals surface area contributed by atoms with Crippen LogP contribution in [0, 0.1) is 38.9 Å². The maximum atomic E-state index is 9.66. The van der Waals surface area contributed by atoms with Gasteiger partial charge in [0.25, 0.3) is 5.84 Å². The predicted molar refractivity (Wildman–Crippen MR) is 59.3 cm³/mol. The smallest absolute Gasteiger partial charge is 0.311 e. The van der Waals surface area contributed by atoms with Crippen LogP contribution in [0.1, 0.15) is 20.8 Å². The third kappa shape index (κ3) is 0.705. The maximum absolute atomic E-state index is 9.66. The van der Waals surface area contributed by atoms with Gasteiger partial charge in [0.1, 0.15) is 0 Å². The van der Waals surface area contributed by atoms with Gasteiger partial charge in [0.2, 0.25) is 0 Å². The number of ether oxygens (including phenoxy) is 2. The fourth-order valence-corrected chi connectivity index (χ4v) is 3.87. The number of hydrogen-bond acceptors (Lipinski definition) is 5. The van der Waals surface area contributed by atoms with Gasteiger partial charge in [-0.15, -0.1) is 0 Å². The molecule has 3 aliphatic rings. The highest BCUT2D eigenvalue weighted by Crippen LogP contribution is 2.82. The van der Waals surface area contributed by atoms with Gasteiger partial charge in [0.05, 0.1) is 24.8 Å². The molecule has 3 rings (SSSR count). The van der Waals surface area contributed by atoms with Crippen molar-refractivity contribution in [3.63, 3.8) is 0 Å². The SMILES string of the molecule is C[C@@H]1CO[C@]2([NH+]=C(N)[C@@]3(C#N)C(C)(C)[C@@]23C#N)O1. The zero-order valence-electron chi connectivity index (χ0n) is 10.6. The van der Waals surface area contributed by atoms with Crippen LogP contribution < -0.4 is 10.7 Å². The van der Waals surface area contributed by atoms with Crippen LogP contribution >= 0.6 is 0 Å². The largest absolute Gasteiger partial charge is 0.343 e. The summed E-state index contributed by atoms with van der Waals surface area (Å²) in [6.07, 6.45) is -0.138. The molecule has 0 bridgehead atoms. The zero-order chi connectivity index (χ0) is 13.4. The van der Waals surface area contributed by atoms with Crippen molar-refractivity contribution in [3.8, 4) is 12.1 Å². The van der Waals surface area contributed by atoms with Gasteiger partial charge >= 0.3 is 5.91 Å². The summed E-state index contributed by atoms with van der Waals surface area (Å²) in [6.45, 7) is 5.94. The number of hydrogen-bond donors (Lipinski definition) is 2. The molecule has 0 aromatic rings. The molecule has 2 heterocycles. The summed E-state index contributed by atoms with van der Waals surface area (Å²) in [5, 5.41) is 19.2. The lowest BCUT2D eigenvalue weighted by Crippen LogP contribution is -2.90. The molecule has 4 atom stereocenters. The maximum Gasteiger partial charge on any atom is 0.343 e. The van der Waals surface area contributed by atoms with Crippen molar-refractivity contribution in [1.29, 1.82) is 10.5 Å². The Morgan fingerprint density at radius 3 is 2.44 bits per heavy atom. The van der Waals surface area contributed by atoms with E-state index < -0.39 is 22.2 Å². The number of nitriles is 2. The van der Waals surface area contributed by atoms with E-state index in [1.54, 1.807) is 0 Å². The van der Waals surface area contributed by atoms with Gasteiger partial charge in [-0.05, 0) is 6.92 Å². The molecule has 1 saturated heterocycles. The zero-order valence-corrected chi connectivity index (χ0v) is 10.6. The van der Waals surface area contributed by atoms with Crippen LogP contribution in [0.4, 0.5) is 0 Å². The standard InChI is InChI=1S/C12H14N4O2/c1-7-4-17-12(18-7)11(6-14)9(2,3)10(11,5-13)8(15)16-12/h7H,4H2,1-3H3,(H2,15,16)/p+1/t7-,10+,11-,12+/m1/s1. The van der Waals surface area contributed by atoms with Crippen LogP contribution in [-0.4, -0.2) is 24.5 Å². The van der Waals surface area contributed by atoms with Crippen molar-refractivity contribution < 1.29 is 14.5 Å². The Balaban J connectivity index is 2.24. The molecular weight excluding hydrogens is 232 g/mol. The van der Waals surface area contributed by atoms with Gasteiger partial charge in [-0.3, -0.25) is 5.73 Å². The molecule has 1 aliphatic carbocycles. The van der Waals surface area contributed by atoms with Crippen LogP contribution in [-0.2, 0) is 9.47 Å². The molecule has 3 N–H and O–H groups in total. The second-order valence-electron chi connectivity index (χ2n) is 5.74. The molecule has 0 aromatic heterocycles. The number of fused-ring (bicyclic) bond motifs is 2. The molecule has 2 fully saturated rings. The summed E-state index contributed by atoms with van der Waals surface area (Å²) in [5.41, 5.74) is 3.21. The summed E-state index contributed by atoms with van der Waals surface area (Å²) in [6, 6.07) is 4.45. The summed E-state index contributed by atoms with van der Waals surface area (Å²) in [7, 11) is 0. The van der Waals surface area contributed by atoms with Crippen LogP contribution in [0.15, 0.2) is 0 Å². The number of rotatable bonds is 0. The van der Waals surface area contributed by atoms with E-state index in [9.17, 15) is 10.5 Å². The Morgan fingerprint density at radius 2 is 2.06 bits per heavy atom. The fourth-order valence-electron chi connectivity index (χ4n) is 3.87. The van der Waals surface area contributed by atoms with Crippen LogP contribution in [0.2, 0.25) is 0 Å². The monoisotopic (exact) mass is 247 g/mol. The first kappa shape index (κ1) is 11.5. The molecule has 0 aromatic carbocycles. The van der Waals surface area contributed by atoms with Crippen molar-refractivity contribution in [3.05, 3.63) is 0 Å². The van der Waals surface area contributed by atoms with Crippen molar-refractivity contribution in [2.45, 2.75) is 32.8 Å². The first-order valence-electron chi connectivity index (χ1n) is 5.90. The van der Waals surface area contributed by atoms with Gasteiger partial charge < -0.3 is 9.47 Å². The van der Waals surface area contributed by atoms with Gasteiger partial charge in [0, 0.05) is 5.41 Å². The van der Waals surface area contributed by atoms with Crippen molar-refractivity contribution in [2.24, 2.45) is 22.0 Å². The Bertz CT molecular complexity index is 557. The van der Waals surface area contributed by atoms with Crippen molar-refractivity contribution in [1.82, 2.24) is 0 Å². The Morgan fingerprint density at radius 1 is 1.39 bits per heavy atom. The lowest BCUT2D eigenvalue weighted by Gasteiger charge is -2.25. The average Bonchev–Trinajstić information content (AvgIpc) is 2.56. The van der Waals surface area contributed by atoms with E-state index in [1.165, 1.54) is 0 Å². The van der Waals surface area contributed by atoms with E-state index in [1.807, 2.05) is 20.8 Å². The van der Waals surface area contributed by atoms with Crippen molar-refractivity contribution in [2.75, 3.05) is 6.61 Å². The molecule has 18 heavy (non-hydrogen) atoms. The molecule has 1 spiro atoms. The molecule has 1 saturated carbocycles. The van der Waals surface area contributed by atoms with Crippen LogP contribution in [0.5, 0.6) is 0 Å². The van der Waals surface area contributed by atoms with E-state index >= 15 is 0 Å². The fraction of sp³-hybridized carbons (Fsp3) is 0.750. The molecule has 6 heteroatoms. The highest BCUT2D eigenvalue weighted by molar-refractivity contribution is 5.94. The summed E-state index contributed by atoms with van der Waals surface area (Å²) < 4.78 is 11.5. The van der Waals surface area contributed by atoms with E-state index in [2.05, 4.69) is 17.1 Å². The Labute approximate surface area is 105 Å². The Kier molecular flexibility index (Phi) is 1.71. The van der Waals surface area contributed by atoms with Gasteiger partial charge in [-0.25, -0.2) is 4.99 Å². The van der Waals surface area contributed by atoms with Crippen molar-refractivity contribution >= 4 is 5.84 Å². The molecule has 0 amide bonds. The summed E-state index contributed by atoms with van der Waals surface area (Å²) >= 11 is 0. The first-order chi connectivity index (χ1) is 8.35. The summed E-state index contributed by atoms with van der Waals surface area (Å²) in [4.78, 5) is 2.90. The number of nitrogens with one attached hydrogen (secondary N) is 1. The minimum Gasteiger partial charge on any atom is -0.311 e. The second-order valence-corrected chi connectivity index (χ2v) is 5.74. The first-order valence-corrected chi connectivity index (χ1v) is 5.90. The third-order valence-corrected chi connectivity index (χ3v) is 4.80. The third-order valence-electron chi connectivity index (χ3n) is 4.80. The second kappa shape index (κ2) is 2.69. The highest BCUT2D eigenvalue weighted by Gasteiger charge is 3.01. The lowest BCUT2D eigenvalue weighted by atomic mass is 9.93. The topological polar surface area (TPSA) is 106 Å². The molecule has 94 valence electrons. The van der Waals surface area contributed by atoms with E-state index in [4.69, 9.17) is 15.2 Å². The molecule has 2 aliphatic heterocycles. The van der Waals surface area contributed by atoms with E-state index in [-0.39, 0.29) is 11.9 Å². The number of nitrogens with zero attached hydrogens (tertiary/aromatic N) is 2. The van der Waals surface area contributed by atoms with Gasteiger partial charge in [0.15, 0.2) is 10.8 Å². The van der Waals surface area contributed by atoms with Crippen LogP contribution in [0.25, 0.3) is 0 Å². The molecule has 6 nitrogen and oxygen atoms in total. The molecule has 0 radical (unpaired) electrons. The lowest BCUT2D eigenvalue weighted by molar-refractivity contribution is -0.679. The minimum atomic E-state index is -1.29. The molecular formula is C12H15N4O2+. The average molecular weight is 247 g/mol. The minimum absolute atomic E-state index is 0.138. The normalized spacial score (nSPS) is 51.4. The van der Waals surface area contributed by atoms with Gasteiger partial charge in [-0.1, -0.05) is 13.8 Å². The quantitative estimate of drug-likeness (QED) is 0.547. The van der Waals surface area contributed by atoms with E-state index in [0.29, 0.717) is 6.61 Å². The van der Waals surface area contributed by atoms with Crippen LogP contribution in [0.3, 0.4) is 0 Å². The Hall–Kier alpha value is -1.63. The predicted octanol–water partition coefficient (Wildman–Crippen LogP) is -1.41. The number of nitrogens with two attached hydrogens (primary N) is 1. The summed E-state index contributed by atoms with van der Waals surface area (Å²) in [5.74, 6) is -1.02. The number of amidine groups is 1. The molecule has 0 unspecified atom stereocenters. The highest BCUT2D eigenvalue weighted by atomic mass is 16.8. The van der Waals surface area contributed by atoms with E-state index in [0.717, 1.165) is 0 Å². The van der Waals surface area contributed by atoms with Gasteiger partial charge in [-0.2, -0.15) is 10.5 Å².